The van der Waals surface area contributed by atoms with Crippen LogP contribution in [0.1, 0.15) is 17.8 Å². The van der Waals surface area contributed by atoms with Gasteiger partial charge in [0.25, 0.3) is 0 Å². The molecule has 2 N–H and O–H groups in total. The summed E-state index contributed by atoms with van der Waals surface area (Å²) < 4.78 is 85.3. The van der Waals surface area contributed by atoms with Crippen molar-refractivity contribution in [3.8, 4) is 0 Å². The van der Waals surface area contributed by atoms with E-state index in [0.717, 1.165) is 45.0 Å². The Hall–Kier alpha value is -3.24. The molecule has 218 valence electrons. The van der Waals surface area contributed by atoms with Crippen LogP contribution >= 0.6 is 0 Å². The number of ether oxygens (including phenoxy) is 1. The second kappa shape index (κ2) is 13.7. The molecule has 0 saturated carbocycles. The fourth-order valence-corrected chi connectivity index (χ4v) is 3.90. The van der Waals surface area contributed by atoms with Gasteiger partial charge in [0, 0.05) is 57.2 Å². The van der Waals surface area contributed by atoms with E-state index < -0.39 is 24.3 Å². The van der Waals surface area contributed by atoms with Gasteiger partial charge in [0.05, 0.1) is 19.3 Å². The van der Waals surface area contributed by atoms with Crippen molar-refractivity contribution in [3.05, 3.63) is 53.9 Å². The zero-order valence-electron chi connectivity index (χ0n) is 20.6. The Morgan fingerprint density at radius 2 is 1.62 bits per heavy atom. The third-order valence-corrected chi connectivity index (χ3v) is 5.87. The van der Waals surface area contributed by atoms with E-state index in [1.54, 1.807) is 12.1 Å². The first-order valence-electron chi connectivity index (χ1n) is 11.5. The molecule has 0 amide bonds. The number of hydrogen-bond acceptors (Lipinski definition) is 6. The van der Waals surface area contributed by atoms with Crippen molar-refractivity contribution in [2.24, 2.45) is 7.05 Å². The number of piperazine rings is 1. The molecule has 2 aromatic rings. The van der Waals surface area contributed by atoms with Gasteiger partial charge in [0.1, 0.15) is 11.6 Å². The van der Waals surface area contributed by atoms with Crippen molar-refractivity contribution in [1.82, 2.24) is 19.4 Å². The van der Waals surface area contributed by atoms with E-state index in [4.69, 9.17) is 24.5 Å². The van der Waals surface area contributed by atoms with Gasteiger partial charge in [-0.05, 0) is 12.5 Å². The van der Waals surface area contributed by atoms with Crippen LogP contribution in [0.5, 0.6) is 0 Å². The van der Waals surface area contributed by atoms with Crippen molar-refractivity contribution in [3.63, 3.8) is 0 Å². The number of aromatic nitrogens is 2. The van der Waals surface area contributed by atoms with Crippen LogP contribution in [0.15, 0.2) is 36.7 Å². The minimum absolute atomic E-state index is 0.181. The SMILES string of the molecule is Cn1ccnc1CN1CCN2C[C@H](OCc3ccccc3F)C[C@H]2C1.O=C(O)C(F)(F)F.O=C(O)C(F)(F)F. The van der Waals surface area contributed by atoms with Crippen LogP contribution in [0.2, 0.25) is 0 Å². The summed E-state index contributed by atoms with van der Waals surface area (Å²) in [6, 6.07) is 7.39. The number of imidazole rings is 1. The zero-order valence-corrected chi connectivity index (χ0v) is 20.6. The van der Waals surface area contributed by atoms with Crippen molar-refractivity contribution in [2.75, 3.05) is 26.2 Å². The highest BCUT2D eigenvalue weighted by atomic mass is 19.4. The number of fused-ring (bicyclic) bond motifs is 1. The Labute approximate surface area is 218 Å². The fraction of sp³-hybridized carbons (Fsp3) is 0.522. The summed E-state index contributed by atoms with van der Waals surface area (Å²) >= 11 is 0. The second-order valence-electron chi connectivity index (χ2n) is 8.70. The number of rotatable bonds is 5. The molecule has 0 unspecified atom stereocenters. The number of carboxylic acids is 2. The van der Waals surface area contributed by atoms with E-state index >= 15 is 0 Å². The number of aryl methyl sites for hydroxylation is 1. The summed E-state index contributed by atoms with van der Waals surface area (Å²) in [5.41, 5.74) is 0.642. The predicted octanol–water partition coefficient (Wildman–Crippen LogP) is 3.30. The summed E-state index contributed by atoms with van der Waals surface area (Å²) in [5.74, 6) is -4.58. The molecule has 0 aliphatic carbocycles. The fourth-order valence-electron chi connectivity index (χ4n) is 3.90. The van der Waals surface area contributed by atoms with Crippen LogP contribution in [-0.2, 0) is 34.5 Å². The summed E-state index contributed by atoms with van der Waals surface area (Å²) in [5, 5.41) is 14.2. The van der Waals surface area contributed by atoms with Crippen molar-refractivity contribution >= 4 is 11.9 Å². The zero-order chi connectivity index (χ0) is 29.4. The Balaban J connectivity index is 0.000000317. The molecule has 1 aromatic carbocycles. The summed E-state index contributed by atoms with van der Waals surface area (Å²) in [6.45, 7) is 5.38. The molecule has 2 fully saturated rings. The minimum atomic E-state index is -5.08. The van der Waals surface area contributed by atoms with Gasteiger partial charge in [0.2, 0.25) is 0 Å². The number of aliphatic carboxylic acids is 2. The topological polar surface area (TPSA) is 108 Å². The minimum Gasteiger partial charge on any atom is -0.475 e. The monoisotopic (exact) mass is 572 g/mol. The lowest BCUT2D eigenvalue weighted by molar-refractivity contribution is -0.193. The van der Waals surface area contributed by atoms with Crippen LogP contribution in [0.4, 0.5) is 30.7 Å². The van der Waals surface area contributed by atoms with Crippen molar-refractivity contribution < 1.29 is 55.3 Å². The van der Waals surface area contributed by atoms with Gasteiger partial charge in [0.15, 0.2) is 0 Å². The van der Waals surface area contributed by atoms with Crippen LogP contribution in [0, 0.1) is 5.82 Å². The molecule has 1 aromatic heterocycles. The molecule has 2 aliphatic heterocycles. The lowest BCUT2D eigenvalue weighted by atomic mass is 10.1. The standard InChI is InChI=1S/C19H25FN4O.2C2HF3O2/c1-22-7-6-21-19(22)13-23-8-9-24-12-17(10-16(24)11-23)25-14-15-4-2-3-5-18(15)20;2*3-2(4,5)1(6)7/h2-7,16-17H,8-14H2,1H3;2*(H,6,7)/t16-,17+;;/m0../s1. The first kappa shape index (κ1) is 32.0. The highest BCUT2D eigenvalue weighted by Crippen LogP contribution is 2.26. The molecule has 0 spiro atoms. The van der Waals surface area contributed by atoms with E-state index in [1.165, 1.54) is 6.07 Å². The lowest BCUT2D eigenvalue weighted by Gasteiger charge is -2.36. The number of halogens is 7. The Kier molecular flexibility index (Phi) is 11.2. The quantitative estimate of drug-likeness (QED) is 0.526. The average Bonchev–Trinajstić information content (AvgIpc) is 3.43. The Morgan fingerprint density at radius 1 is 1.03 bits per heavy atom. The van der Waals surface area contributed by atoms with E-state index in [-0.39, 0.29) is 11.9 Å². The number of nitrogens with zero attached hydrogens (tertiary/aromatic N) is 4. The van der Waals surface area contributed by atoms with Crippen LogP contribution in [0.3, 0.4) is 0 Å². The van der Waals surface area contributed by atoms with Crippen molar-refractivity contribution in [1.29, 1.82) is 0 Å². The molecular formula is C23H27F7N4O5. The number of carbonyl (C=O) groups is 2. The van der Waals surface area contributed by atoms with Gasteiger partial charge in [-0.2, -0.15) is 26.3 Å². The number of hydrogen-bond donors (Lipinski definition) is 2. The maximum Gasteiger partial charge on any atom is 0.490 e. The lowest BCUT2D eigenvalue weighted by Crippen LogP contribution is -2.49. The van der Waals surface area contributed by atoms with Crippen LogP contribution in [-0.4, -0.2) is 92.2 Å². The normalized spacial score (nSPS) is 19.8. The molecule has 0 radical (unpaired) electrons. The molecule has 2 saturated heterocycles. The third kappa shape index (κ3) is 10.4. The van der Waals surface area contributed by atoms with Crippen LogP contribution < -0.4 is 0 Å². The van der Waals surface area contributed by atoms with E-state index in [9.17, 15) is 30.7 Å². The number of benzene rings is 1. The Bertz CT molecular complexity index is 1070. The average molecular weight is 572 g/mol. The highest BCUT2D eigenvalue weighted by molar-refractivity contribution is 5.73. The molecule has 9 nitrogen and oxygen atoms in total. The van der Waals surface area contributed by atoms with Gasteiger partial charge in [-0.1, -0.05) is 18.2 Å². The van der Waals surface area contributed by atoms with Gasteiger partial charge >= 0.3 is 24.3 Å². The molecule has 0 bridgehead atoms. The van der Waals surface area contributed by atoms with Gasteiger partial charge in [-0.15, -0.1) is 0 Å². The largest absolute Gasteiger partial charge is 0.490 e. The van der Waals surface area contributed by atoms with Gasteiger partial charge < -0.3 is 19.5 Å². The molecule has 3 heterocycles. The van der Waals surface area contributed by atoms with Gasteiger partial charge in [-0.25, -0.2) is 19.0 Å². The molecule has 4 rings (SSSR count). The van der Waals surface area contributed by atoms with E-state index in [2.05, 4.69) is 19.4 Å². The van der Waals surface area contributed by atoms with E-state index in [0.29, 0.717) is 18.2 Å². The first-order chi connectivity index (χ1) is 18.1. The molecular weight excluding hydrogens is 545 g/mol. The summed E-state index contributed by atoms with van der Waals surface area (Å²) in [4.78, 5) is 27.2. The Morgan fingerprint density at radius 3 is 2.13 bits per heavy atom. The molecule has 39 heavy (non-hydrogen) atoms. The number of carboxylic acid groups (broad SMARTS) is 2. The predicted molar refractivity (Wildman–Crippen MR) is 121 cm³/mol. The maximum absolute atomic E-state index is 13.7. The van der Waals surface area contributed by atoms with Crippen molar-refractivity contribution in [2.45, 2.75) is 44.1 Å². The molecule has 2 atom stereocenters. The maximum atomic E-state index is 13.7. The summed E-state index contributed by atoms with van der Waals surface area (Å²) in [7, 11) is 2.04. The smallest absolute Gasteiger partial charge is 0.475 e. The molecule has 16 heteroatoms. The van der Waals surface area contributed by atoms with Gasteiger partial charge in [-0.3, -0.25) is 9.80 Å². The highest BCUT2D eigenvalue weighted by Gasteiger charge is 2.39. The number of alkyl halides is 6. The summed E-state index contributed by atoms with van der Waals surface area (Å²) in [6.07, 6.45) is -5.11. The molecule has 2 aliphatic rings. The first-order valence-corrected chi connectivity index (χ1v) is 11.5. The third-order valence-electron chi connectivity index (χ3n) is 5.87. The second-order valence-corrected chi connectivity index (χ2v) is 8.70. The van der Waals surface area contributed by atoms with E-state index in [1.807, 2.05) is 25.5 Å². The van der Waals surface area contributed by atoms with Crippen LogP contribution in [0.25, 0.3) is 0 Å².